The zero-order chi connectivity index (χ0) is 15.1. The van der Waals surface area contributed by atoms with Gasteiger partial charge in [0.1, 0.15) is 0 Å². The van der Waals surface area contributed by atoms with Gasteiger partial charge >= 0.3 is 0 Å². The second-order valence-electron chi connectivity index (χ2n) is 4.40. The topological polar surface area (TPSA) is 66.4 Å². The van der Waals surface area contributed by atoms with Crippen LogP contribution in [0, 0.1) is 0 Å². The van der Waals surface area contributed by atoms with Crippen molar-refractivity contribution < 1.29 is 14.1 Å². The van der Waals surface area contributed by atoms with Crippen molar-refractivity contribution in [2.75, 3.05) is 18.6 Å². The quantitative estimate of drug-likeness (QED) is 0.750. The highest BCUT2D eigenvalue weighted by Gasteiger charge is 2.14. The number of carbonyl (C=O) groups is 1. The van der Waals surface area contributed by atoms with Gasteiger partial charge < -0.3 is 10.4 Å². The molecule has 112 valence electrons. The Labute approximate surface area is 130 Å². The molecule has 1 rings (SSSR count). The molecule has 2 N–H and O–H groups in total. The Hall–Kier alpha value is -0.620. The van der Waals surface area contributed by atoms with E-state index in [0.717, 1.165) is 0 Å². The number of hydrogen-bond donors (Lipinski definition) is 2. The van der Waals surface area contributed by atoms with Crippen LogP contribution >= 0.6 is 23.2 Å². The van der Waals surface area contributed by atoms with E-state index in [9.17, 15) is 14.1 Å². The molecule has 0 heterocycles. The van der Waals surface area contributed by atoms with Gasteiger partial charge in [-0.3, -0.25) is 9.00 Å². The molecule has 4 nitrogen and oxygen atoms in total. The maximum absolute atomic E-state index is 11.6. The van der Waals surface area contributed by atoms with Crippen LogP contribution in [0.3, 0.4) is 0 Å². The maximum atomic E-state index is 11.6. The van der Waals surface area contributed by atoms with Crippen LogP contribution in [0.1, 0.15) is 24.5 Å². The van der Waals surface area contributed by atoms with Gasteiger partial charge in [0.05, 0.1) is 12.5 Å². The lowest BCUT2D eigenvalue weighted by Gasteiger charge is -2.12. The first-order valence-corrected chi connectivity index (χ1v) is 8.57. The second-order valence-corrected chi connectivity index (χ2v) is 6.83. The van der Waals surface area contributed by atoms with Gasteiger partial charge in [0, 0.05) is 39.4 Å². The predicted molar refractivity (Wildman–Crippen MR) is 82.6 cm³/mol. The molecule has 0 saturated heterocycles. The van der Waals surface area contributed by atoms with Crippen LogP contribution in [-0.2, 0) is 15.6 Å². The first-order valence-electron chi connectivity index (χ1n) is 6.09. The van der Waals surface area contributed by atoms with Crippen LogP contribution in [-0.4, -0.2) is 33.8 Å². The zero-order valence-corrected chi connectivity index (χ0v) is 13.4. The average Bonchev–Trinajstić information content (AvgIpc) is 2.33. The molecule has 0 spiro atoms. The third kappa shape index (κ3) is 6.70. The van der Waals surface area contributed by atoms with Crippen molar-refractivity contribution in [3.63, 3.8) is 0 Å². The Bertz CT molecular complexity index is 476. The molecular formula is C13H17Cl2NO3S. The van der Waals surface area contributed by atoms with Gasteiger partial charge in [0.2, 0.25) is 5.91 Å². The van der Waals surface area contributed by atoms with E-state index in [1.54, 1.807) is 24.5 Å². The van der Waals surface area contributed by atoms with Gasteiger partial charge in [0.15, 0.2) is 0 Å². The van der Waals surface area contributed by atoms with Crippen LogP contribution in [0.5, 0.6) is 0 Å². The van der Waals surface area contributed by atoms with Gasteiger partial charge in [-0.25, -0.2) is 0 Å². The summed E-state index contributed by atoms with van der Waals surface area (Å²) in [5, 5.41) is 13.5. The van der Waals surface area contributed by atoms with E-state index in [1.807, 2.05) is 0 Å². The molecule has 2 atom stereocenters. The molecule has 20 heavy (non-hydrogen) atoms. The van der Waals surface area contributed by atoms with Crippen molar-refractivity contribution in [2.45, 2.75) is 18.9 Å². The van der Waals surface area contributed by atoms with Crippen molar-refractivity contribution >= 4 is 39.9 Å². The van der Waals surface area contributed by atoms with Crippen molar-refractivity contribution in [3.8, 4) is 0 Å². The van der Waals surface area contributed by atoms with E-state index in [0.29, 0.717) is 34.3 Å². The van der Waals surface area contributed by atoms with E-state index in [-0.39, 0.29) is 12.3 Å². The number of nitrogens with one attached hydrogen (secondary N) is 1. The lowest BCUT2D eigenvalue weighted by molar-refractivity contribution is -0.123. The van der Waals surface area contributed by atoms with E-state index >= 15 is 0 Å². The van der Waals surface area contributed by atoms with Gasteiger partial charge in [-0.15, -0.1) is 0 Å². The molecule has 1 amide bonds. The van der Waals surface area contributed by atoms with Crippen LogP contribution < -0.4 is 5.32 Å². The molecule has 0 bridgehead atoms. The monoisotopic (exact) mass is 337 g/mol. The van der Waals surface area contributed by atoms with Crippen LogP contribution in [0.4, 0.5) is 0 Å². The highest BCUT2D eigenvalue weighted by atomic mass is 35.5. The fourth-order valence-corrected chi connectivity index (χ4v) is 2.73. The fraction of sp³-hybridized carbons (Fsp3) is 0.462. The largest absolute Gasteiger partial charge is 0.388 e. The Morgan fingerprint density at radius 3 is 2.50 bits per heavy atom. The Balaban J connectivity index is 2.43. The first kappa shape index (κ1) is 17.4. The van der Waals surface area contributed by atoms with Gasteiger partial charge in [0.25, 0.3) is 0 Å². The van der Waals surface area contributed by atoms with Crippen molar-refractivity contribution in [3.05, 3.63) is 33.8 Å². The van der Waals surface area contributed by atoms with Gasteiger partial charge in [-0.2, -0.15) is 0 Å². The van der Waals surface area contributed by atoms with E-state index in [2.05, 4.69) is 5.32 Å². The molecule has 7 heteroatoms. The number of benzene rings is 1. The lowest BCUT2D eigenvalue weighted by Crippen LogP contribution is -2.26. The molecule has 0 aromatic heterocycles. The molecule has 0 aliphatic rings. The number of aliphatic hydroxyl groups excluding tert-OH is 1. The first-order chi connectivity index (χ1) is 9.38. The summed E-state index contributed by atoms with van der Waals surface area (Å²) in [6, 6.07) is 4.71. The lowest BCUT2D eigenvalue weighted by atomic mass is 10.1. The number of aliphatic hydroxyl groups is 1. The second kappa shape index (κ2) is 8.62. The van der Waals surface area contributed by atoms with E-state index in [1.165, 1.54) is 0 Å². The third-order valence-electron chi connectivity index (χ3n) is 2.58. The van der Waals surface area contributed by atoms with E-state index < -0.39 is 16.9 Å². The van der Waals surface area contributed by atoms with Crippen LogP contribution in [0.15, 0.2) is 18.2 Å². The minimum absolute atomic E-state index is 0.0636. The number of amides is 1. The molecule has 0 radical (unpaired) electrons. The number of halogens is 2. The van der Waals surface area contributed by atoms with Crippen molar-refractivity contribution in [1.82, 2.24) is 5.32 Å². The van der Waals surface area contributed by atoms with Crippen molar-refractivity contribution in [2.24, 2.45) is 0 Å². The smallest absolute Gasteiger partial charge is 0.222 e. The summed E-state index contributed by atoms with van der Waals surface area (Å²) in [6.45, 7) is 0.446. The molecule has 0 saturated carbocycles. The number of carbonyl (C=O) groups excluding carboxylic acids is 1. The molecule has 2 unspecified atom stereocenters. The third-order valence-corrected chi connectivity index (χ3v) is 3.88. The maximum Gasteiger partial charge on any atom is 0.222 e. The summed E-state index contributed by atoms with van der Waals surface area (Å²) in [4.78, 5) is 11.6. The van der Waals surface area contributed by atoms with Crippen molar-refractivity contribution in [1.29, 1.82) is 0 Å². The number of hydrogen-bond acceptors (Lipinski definition) is 3. The van der Waals surface area contributed by atoms with Gasteiger partial charge in [-0.05, 0) is 30.2 Å². The number of rotatable bonds is 7. The molecule has 1 aromatic carbocycles. The summed E-state index contributed by atoms with van der Waals surface area (Å²) in [5.74, 6) is 0.280. The minimum Gasteiger partial charge on any atom is -0.388 e. The Morgan fingerprint density at radius 2 is 1.95 bits per heavy atom. The average molecular weight is 338 g/mol. The predicted octanol–water partition coefficient (Wildman–Crippen LogP) is 2.30. The molecular weight excluding hydrogens is 321 g/mol. The summed E-state index contributed by atoms with van der Waals surface area (Å²) in [6.07, 6.45) is 1.25. The molecule has 0 aliphatic carbocycles. The summed E-state index contributed by atoms with van der Waals surface area (Å²) in [5.41, 5.74) is 0.507. The van der Waals surface area contributed by atoms with Crippen LogP contribution in [0.25, 0.3) is 0 Å². The summed E-state index contributed by atoms with van der Waals surface area (Å²) in [7, 11) is -0.856. The fourth-order valence-electron chi connectivity index (χ4n) is 1.64. The minimum atomic E-state index is -0.952. The standard InChI is InChI=1S/C13H17Cl2NO3S/c1-20(19)4-2-3-16-13(18)8-12(17)9-5-10(14)7-11(15)6-9/h5-7,12,17H,2-4,8H2,1H3,(H,16,18). The SMILES string of the molecule is CS(=O)CCCNC(=O)CC(O)c1cc(Cl)cc(Cl)c1. The zero-order valence-electron chi connectivity index (χ0n) is 11.1. The summed E-state index contributed by atoms with van der Waals surface area (Å²) >= 11 is 11.7. The highest BCUT2D eigenvalue weighted by molar-refractivity contribution is 7.84. The molecule has 1 aromatic rings. The van der Waals surface area contributed by atoms with Crippen LogP contribution in [0.2, 0.25) is 10.0 Å². The summed E-state index contributed by atoms with van der Waals surface area (Å²) < 4.78 is 10.8. The normalized spacial score (nSPS) is 13.8. The highest BCUT2D eigenvalue weighted by Crippen LogP contribution is 2.25. The molecule has 0 fully saturated rings. The van der Waals surface area contributed by atoms with Gasteiger partial charge in [-0.1, -0.05) is 23.2 Å². The molecule has 0 aliphatic heterocycles. The Kier molecular flexibility index (Phi) is 7.51. The van der Waals surface area contributed by atoms with E-state index in [4.69, 9.17) is 23.2 Å². The Morgan fingerprint density at radius 1 is 1.35 bits per heavy atom.